The minimum atomic E-state index is -0.444. The van der Waals surface area contributed by atoms with Crippen LogP contribution in [0.2, 0.25) is 0 Å². The lowest BCUT2D eigenvalue weighted by Gasteiger charge is -2.57. The summed E-state index contributed by atoms with van der Waals surface area (Å²) in [5, 5.41) is 3.02. The van der Waals surface area contributed by atoms with E-state index >= 15 is 0 Å². The van der Waals surface area contributed by atoms with Crippen LogP contribution in [0.15, 0.2) is 42.5 Å². The Balaban J connectivity index is 1.36. The number of ether oxygens (including phenoxy) is 1. The maximum absolute atomic E-state index is 12.8. The number of nitrogens with one attached hydrogen (secondary N) is 1. The second-order valence-corrected chi connectivity index (χ2v) is 9.75. The number of hydrogen-bond acceptors (Lipinski definition) is 3. The van der Waals surface area contributed by atoms with Crippen LogP contribution in [0.25, 0.3) is 0 Å². The van der Waals surface area contributed by atoms with Crippen LogP contribution in [-0.2, 0) is 10.2 Å². The van der Waals surface area contributed by atoms with Gasteiger partial charge in [-0.25, -0.2) is 4.79 Å². The van der Waals surface area contributed by atoms with Crippen molar-refractivity contribution in [3.05, 3.63) is 64.7 Å². The Morgan fingerprint density at radius 3 is 2.17 bits per heavy atom. The summed E-state index contributed by atoms with van der Waals surface area (Å²) >= 11 is 0. The molecule has 1 N–H and O–H groups in total. The third kappa shape index (κ3) is 3.32. The van der Waals surface area contributed by atoms with E-state index in [-0.39, 0.29) is 5.91 Å². The molecule has 0 unspecified atom stereocenters. The molecule has 2 aromatic rings. The smallest absolute Gasteiger partial charge is 0.337 e. The first kappa shape index (κ1) is 19.3. The van der Waals surface area contributed by atoms with Gasteiger partial charge in [-0.2, -0.15) is 0 Å². The van der Waals surface area contributed by atoms with E-state index in [9.17, 15) is 9.59 Å². The van der Waals surface area contributed by atoms with Gasteiger partial charge in [0.1, 0.15) is 0 Å². The highest BCUT2D eigenvalue weighted by Gasteiger charge is 2.51. The fourth-order valence-corrected chi connectivity index (χ4v) is 6.70. The lowest BCUT2D eigenvalue weighted by molar-refractivity contribution is -0.00520. The van der Waals surface area contributed by atoms with E-state index < -0.39 is 5.97 Å². The topological polar surface area (TPSA) is 55.4 Å². The average molecular weight is 404 g/mol. The number of hydrogen-bond donors (Lipinski definition) is 1. The van der Waals surface area contributed by atoms with Gasteiger partial charge in [-0.15, -0.1) is 0 Å². The van der Waals surface area contributed by atoms with Gasteiger partial charge in [0.05, 0.1) is 12.7 Å². The van der Waals surface area contributed by atoms with Crippen LogP contribution in [0.4, 0.5) is 5.69 Å². The Bertz CT molecular complexity index is 974. The monoisotopic (exact) mass is 403 g/mol. The van der Waals surface area contributed by atoms with Crippen molar-refractivity contribution in [1.82, 2.24) is 0 Å². The van der Waals surface area contributed by atoms with Gasteiger partial charge in [0.15, 0.2) is 0 Å². The molecule has 0 aromatic heterocycles. The molecule has 0 saturated heterocycles. The van der Waals surface area contributed by atoms with E-state index in [2.05, 4.69) is 30.4 Å². The molecule has 30 heavy (non-hydrogen) atoms. The van der Waals surface area contributed by atoms with Gasteiger partial charge in [-0.1, -0.05) is 18.2 Å². The molecule has 2 aromatic carbocycles. The van der Waals surface area contributed by atoms with Crippen LogP contribution in [0, 0.1) is 24.7 Å². The highest BCUT2D eigenvalue weighted by Crippen LogP contribution is 2.60. The molecule has 4 nitrogen and oxygen atoms in total. The molecule has 0 aliphatic heterocycles. The Morgan fingerprint density at radius 1 is 0.933 bits per heavy atom. The van der Waals surface area contributed by atoms with Crippen LogP contribution in [0.1, 0.15) is 70.4 Å². The Morgan fingerprint density at radius 2 is 1.57 bits per heavy atom. The fraction of sp³-hybridized carbons (Fsp3) is 0.462. The molecule has 0 heterocycles. The summed E-state index contributed by atoms with van der Waals surface area (Å²) in [6.45, 7) is 2.07. The molecule has 0 radical (unpaired) electrons. The first-order chi connectivity index (χ1) is 14.5. The second kappa shape index (κ2) is 7.26. The average Bonchev–Trinajstić information content (AvgIpc) is 2.73. The molecular weight excluding hydrogens is 374 g/mol. The number of amides is 1. The molecular formula is C26H29NO3. The first-order valence-electron chi connectivity index (χ1n) is 11.1. The van der Waals surface area contributed by atoms with Gasteiger partial charge in [0.2, 0.25) is 0 Å². The predicted molar refractivity (Wildman–Crippen MR) is 117 cm³/mol. The quantitative estimate of drug-likeness (QED) is 0.686. The maximum Gasteiger partial charge on any atom is 0.337 e. The highest BCUT2D eigenvalue weighted by atomic mass is 16.5. The second-order valence-electron chi connectivity index (χ2n) is 9.75. The van der Waals surface area contributed by atoms with Gasteiger partial charge >= 0.3 is 5.97 Å². The number of methoxy groups -OCH3 is 1. The predicted octanol–water partition coefficient (Wildman–Crippen LogP) is 5.50. The first-order valence-corrected chi connectivity index (χ1v) is 11.1. The van der Waals surface area contributed by atoms with Crippen molar-refractivity contribution in [1.29, 1.82) is 0 Å². The number of rotatable bonds is 4. The molecule has 0 spiro atoms. The molecule has 4 aliphatic rings. The summed E-state index contributed by atoms with van der Waals surface area (Å²) in [6, 6.07) is 13.2. The minimum absolute atomic E-state index is 0.216. The van der Waals surface area contributed by atoms with Crippen LogP contribution >= 0.6 is 0 Å². The van der Waals surface area contributed by atoms with Gasteiger partial charge in [0.25, 0.3) is 5.91 Å². The van der Waals surface area contributed by atoms with Crippen molar-refractivity contribution in [2.75, 3.05) is 12.4 Å². The normalized spacial score (nSPS) is 28.9. The van der Waals surface area contributed by atoms with Crippen molar-refractivity contribution in [3.63, 3.8) is 0 Å². The molecule has 4 bridgehead atoms. The van der Waals surface area contributed by atoms with Crippen LogP contribution in [0.3, 0.4) is 0 Å². The van der Waals surface area contributed by atoms with E-state index in [0.29, 0.717) is 16.5 Å². The van der Waals surface area contributed by atoms with Crippen LogP contribution in [-0.4, -0.2) is 19.0 Å². The number of esters is 1. The van der Waals surface area contributed by atoms with Gasteiger partial charge in [0, 0.05) is 11.3 Å². The molecule has 6 rings (SSSR count). The zero-order chi connectivity index (χ0) is 20.9. The summed E-state index contributed by atoms with van der Waals surface area (Å²) in [6.07, 6.45) is 8.34. The lowest BCUT2D eigenvalue weighted by atomic mass is 9.48. The van der Waals surface area contributed by atoms with Crippen molar-refractivity contribution in [2.24, 2.45) is 17.8 Å². The summed E-state index contributed by atoms with van der Waals surface area (Å²) in [5.41, 5.74) is 4.57. The third-order valence-corrected chi connectivity index (χ3v) is 7.67. The standard InChI is InChI=1S/C26H29NO3/c1-16-8-22(26-13-17-9-18(14-26)11-19(10-17)15-26)6-7-23(16)27-24(28)20-4-3-5-21(12-20)25(29)30-2/h3-8,12,17-19H,9-11,13-15H2,1-2H3,(H,27,28). The zero-order valence-corrected chi connectivity index (χ0v) is 17.7. The molecule has 4 aliphatic carbocycles. The minimum Gasteiger partial charge on any atom is -0.465 e. The van der Waals surface area contributed by atoms with E-state index in [0.717, 1.165) is 29.0 Å². The van der Waals surface area contributed by atoms with Crippen LogP contribution in [0.5, 0.6) is 0 Å². The number of carbonyl (C=O) groups excluding carboxylic acids is 2. The zero-order valence-electron chi connectivity index (χ0n) is 17.7. The van der Waals surface area contributed by atoms with E-state index in [1.165, 1.54) is 51.2 Å². The largest absolute Gasteiger partial charge is 0.465 e. The van der Waals surface area contributed by atoms with Gasteiger partial charge in [-0.05, 0) is 104 Å². The molecule has 0 atom stereocenters. The SMILES string of the molecule is COC(=O)c1cccc(C(=O)Nc2ccc(C34CC5CC(CC(C5)C3)C4)cc2C)c1. The van der Waals surface area contributed by atoms with Crippen molar-refractivity contribution >= 4 is 17.6 Å². The van der Waals surface area contributed by atoms with Crippen molar-refractivity contribution in [3.8, 4) is 0 Å². The van der Waals surface area contributed by atoms with E-state index in [1.807, 2.05) is 0 Å². The molecule has 156 valence electrons. The Kier molecular flexibility index (Phi) is 4.68. The Labute approximate surface area is 178 Å². The van der Waals surface area contributed by atoms with Crippen molar-refractivity contribution in [2.45, 2.75) is 50.9 Å². The number of benzene rings is 2. The fourth-order valence-electron chi connectivity index (χ4n) is 6.70. The van der Waals surface area contributed by atoms with Gasteiger partial charge in [-0.3, -0.25) is 4.79 Å². The number of anilines is 1. The number of aryl methyl sites for hydroxylation is 1. The van der Waals surface area contributed by atoms with Crippen LogP contribution < -0.4 is 5.32 Å². The summed E-state index contributed by atoms with van der Waals surface area (Å²) in [5.74, 6) is 2.08. The Hall–Kier alpha value is -2.62. The molecule has 1 amide bonds. The summed E-state index contributed by atoms with van der Waals surface area (Å²) < 4.78 is 4.75. The molecule has 4 fully saturated rings. The summed E-state index contributed by atoms with van der Waals surface area (Å²) in [4.78, 5) is 24.5. The molecule has 4 heteroatoms. The van der Waals surface area contributed by atoms with Gasteiger partial charge < -0.3 is 10.1 Å². The maximum atomic E-state index is 12.8. The molecule has 4 saturated carbocycles. The highest BCUT2D eigenvalue weighted by molar-refractivity contribution is 6.06. The summed E-state index contributed by atoms with van der Waals surface area (Å²) in [7, 11) is 1.34. The lowest BCUT2D eigenvalue weighted by Crippen LogP contribution is -2.48. The number of carbonyl (C=O) groups is 2. The third-order valence-electron chi connectivity index (χ3n) is 7.67. The van der Waals surface area contributed by atoms with E-state index in [4.69, 9.17) is 4.74 Å². The van der Waals surface area contributed by atoms with Crippen molar-refractivity contribution < 1.29 is 14.3 Å². The van der Waals surface area contributed by atoms with E-state index in [1.54, 1.807) is 24.3 Å².